The first-order valence-corrected chi connectivity index (χ1v) is 11.4. The van der Waals surface area contributed by atoms with Gasteiger partial charge >= 0.3 is 0 Å². The molecule has 0 N–H and O–H groups in total. The molecule has 2 aromatic carbocycles. The van der Waals surface area contributed by atoms with Crippen molar-refractivity contribution in [3.05, 3.63) is 58.0 Å². The monoisotopic (exact) mass is 426 g/mol. The van der Waals surface area contributed by atoms with Crippen LogP contribution in [-0.4, -0.2) is 12.8 Å². The van der Waals surface area contributed by atoms with Gasteiger partial charge in [0, 0.05) is 16.7 Å². The molecule has 1 aliphatic carbocycles. The average molecular weight is 427 g/mol. The maximum Gasteiger partial charge on any atom is 0.148 e. The van der Waals surface area contributed by atoms with Crippen LogP contribution in [0.3, 0.4) is 0 Å². The molecule has 0 bridgehead atoms. The largest absolute Gasteiger partial charge is 0.480 e. The highest BCUT2D eigenvalue weighted by atomic mass is 32.1. The molecule has 1 atom stereocenters. The zero-order valence-corrected chi connectivity index (χ0v) is 19.1. The van der Waals surface area contributed by atoms with Crippen LogP contribution in [0.25, 0.3) is 10.8 Å². The minimum Gasteiger partial charge on any atom is -0.480 e. The molecule has 4 heteroatoms. The summed E-state index contributed by atoms with van der Waals surface area (Å²) in [5.74, 6) is 3.86. The van der Waals surface area contributed by atoms with Gasteiger partial charge in [-0.2, -0.15) is 5.26 Å². The van der Waals surface area contributed by atoms with Gasteiger partial charge in [0.2, 0.25) is 0 Å². The molecule has 0 spiro atoms. The molecule has 0 aliphatic heterocycles. The Hall–Kier alpha value is -3.08. The second kappa shape index (κ2) is 8.58. The summed E-state index contributed by atoms with van der Waals surface area (Å²) in [6.07, 6.45) is 10.3. The number of hydrogen-bond donors (Lipinski definition) is 0. The Balaban J connectivity index is 1.75. The quantitative estimate of drug-likeness (QED) is 0.345. The van der Waals surface area contributed by atoms with Gasteiger partial charge in [0.1, 0.15) is 23.4 Å². The van der Waals surface area contributed by atoms with E-state index < -0.39 is 0 Å². The summed E-state index contributed by atoms with van der Waals surface area (Å²) in [4.78, 5) is 6.11. The molecule has 0 saturated carbocycles. The molecule has 0 fully saturated rings. The van der Waals surface area contributed by atoms with Crippen LogP contribution in [0.1, 0.15) is 48.8 Å². The maximum atomic E-state index is 9.86. The number of fused-ring (bicyclic) bond motifs is 2. The van der Waals surface area contributed by atoms with Gasteiger partial charge in [0.15, 0.2) is 0 Å². The molecular weight excluding hydrogens is 400 g/mol. The van der Waals surface area contributed by atoms with Crippen LogP contribution in [0.4, 0.5) is 5.00 Å². The van der Waals surface area contributed by atoms with Crippen LogP contribution < -0.4 is 4.74 Å². The number of benzene rings is 2. The molecule has 3 nitrogen and oxygen atoms in total. The second-order valence-corrected chi connectivity index (χ2v) is 10.1. The van der Waals surface area contributed by atoms with Crippen molar-refractivity contribution >= 4 is 33.3 Å². The van der Waals surface area contributed by atoms with E-state index in [0.29, 0.717) is 11.7 Å². The molecule has 3 aromatic rings. The van der Waals surface area contributed by atoms with Crippen molar-refractivity contribution in [3.8, 4) is 24.2 Å². The van der Waals surface area contributed by atoms with E-state index in [-0.39, 0.29) is 12.0 Å². The van der Waals surface area contributed by atoms with Crippen LogP contribution in [0.15, 0.2) is 41.4 Å². The molecule has 1 aromatic heterocycles. The van der Waals surface area contributed by atoms with Gasteiger partial charge in [-0.3, -0.25) is 0 Å². The highest BCUT2D eigenvalue weighted by Gasteiger charge is 2.32. The third-order valence-corrected chi connectivity index (χ3v) is 7.30. The lowest BCUT2D eigenvalue weighted by Crippen LogP contribution is -2.26. The molecule has 31 heavy (non-hydrogen) atoms. The Kier molecular flexibility index (Phi) is 5.86. The topological polar surface area (TPSA) is 45.4 Å². The third kappa shape index (κ3) is 4.22. The Morgan fingerprint density at radius 2 is 2.06 bits per heavy atom. The van der Waals surface area contributed by atoms with Crippen molar-refractivity contribution in [2.75, 3.05) is 6.61 Å². The minimum atomic E-state index is 0.199. The smallest absolute Gasteiger partial charge is 0.148 e. The zero-order chi connectivity index (χ0) is 22.0. The van der Waals surface area contributed by atoms with Crippen molar-refractivity contribution in [2.45, 2.75) is 40.0 Å². The first-order valence-electron chi connectivity index (χ1n) is 10.6. The first-order chi connectivity index (χ1) is 14.9. The summed E-state index contributed by atoms with van der Waals surface area (Å²) in [5, 5.41) is 12.8. The van der Waals surface area contributed by atoms with E-state index in [4.69, 9.17) is 16.2 Å². The number of thiophene rings is 1. The number of ether oxygens (including phenoxy) is 1. The highest BCUT2D eigenvalue weighted by molar-refractivity contribution is 7.16. The fraction of sp³-hybridized carbons (Fsp3) is 0.333. The number of aliphatic imine (C=N–C) groups is 1. The van der Waals surface area contributed by atoms with Crippen LogP contribution in [0, 0.1) is 35.0 Å². The molecule has 156 valence electrons. The van der Waals surface area contributed by atoms with Crippen molar-refractivity contribution in [3.63, 3.8) is 0 Å². The fourth-order valence-corrected chi connectivity index (χ4v) is 5.52. The highest BCUT2D eigenvalue weighted by Crippen LogP contribution is 2.45. The third-order valence-electron chi connectivity index (χ3n) is 6.14. The summed E-state index contributed by atoms with van der Waals surface area (Å²) < 4.78 is 5.78. The number of rotatable bonds is 4. The van der Waals surface area contributed by atoms with E-state index in [2.05, 4.69) is 44.9 Å². The normalized spacial score (nSPS) is 16.1. The molecule has 0 unspecified atom stereocenters. The van der Waals surface area contributed by atoms with Crippen molar-refractivity contribution < 1.29 is 4.74 Å². The minimum absolute atomic E-state index is 0.199. The predicted molar refractivity (Wildman–Crippen MR) is 130 cm³/mol. The number of nitrogens with zero attached hydrogens (tertiary/aromatic N) is 2. The lowest BCUT2D eigenvalue weighted by atomic mass is 9.72. The Morgan fingerprint density at radius 1 is 1.26 bits per heavy atom. The summed E-state index contributed by atoms with van der Waals surface area (Å²) in [6.45, 7) is 7.11. The Morgan fingerprint density at radius 3 is 2.81 bits per heavy atom. The van der Waals surface area contributed by atoms with Crippen LogP contribution in [0.5, 0.6) is 5.75 Å². The summed E-state index contributed by atoms with van der Waals surface area (Å²) in [7, 11) is 0. The number of nitriles is 1. The first kappa shape index (κ1) is 21.2. The van der Waals surface area contributed by atoms with E-state index in [1.807, 2.05) is 30.5 Å². The van der Waals surface area contributed by atoms with Gasteiger partial charge < -0.3 is 4.74 Å². The van der Waals surface area contributed by atoms with Crippen molar-refractivity contribution in [2.24, 2.45) is 16.3 Å². The zero-order valence-electron chi connectivity index (χ0n) is 18.2. The van der Waals surface area contributed by atoms with E-state index >= 15 is 0 Å². The average Bonchev–Trinajstić information content (AvgIpc) is 3.12. The fourth-order valence-electron chi connectivity index (χ4n) is 4.29. The number of terminal acetylenes is 1. The molecule has 0 saturated heterocycles. The second-order valence-electron chi connectivity index (χ2n) is 9.05. The van der Waals surface area contributed by atoms with E-state index in [9.17, 15) is 5.26 Å². The summed E-state index contributed by atoms with van der Waals surface area (Å²) in [5.41, 5.74) is 3.08. The summed E-state index contributed by atoms with van der Waals surface area (Å²) in [6, 6.07) is 14.5. The van der Waals surface area contributed by atoms with Crippen LogP contribution in [0.2, 0.25) is 0 Å². The Labute approximate surface area is 188 Å². The predicted octanol–water partition coefficient (Wildman–Crippen LogP) is 6.69. The van der Waals surface area contributed by atoms with Crippen molar-refractivity contribution in [1.29, 1.82) is 5.26 Å². The van der Waals surface area contributed by atoms with Gasteiger partial charge in [-0.25, -0.2) is 4.99 Å². The van der Waals surface area contributed by atoms with E-state index in [0.717, 1.165) is 46.2 Å². The van der Waals surface area contributed by atoms with Crippen molar-refractivity contribution in [1.82, 2.24) is 0 Å². The molecule has 1 heterocycles. The Bertz CT molecular complexity index is 1230. The molecular formula is C27H26N2OS. The number of hydrogen-bond acceptors (Lipinski definition) is 4. The van der Waals surface area contributed by atoms with Crippen LogP contribution in [-0.2, 0) is 12.8 Å². The van der Waals surface area contributed by atoms with Gasteiger partial charge in [-0.15, -0.1) is 17.8 Å². The van der Waals surface area contributed by atoms with Gasteiger partial charge in [0.05, 0.1) is 5.56 Å². The van der Waals surface area contributed by atoms with Gasteiger partial charge in [-0.1, -0.05) is 57.0 Å². The SMILES string of the molecule is C#CCOc1ccc2ccccc2c1C=Nc1sc2c(c1C#N)CC[C@H](C(C)(C)C)C2. The lowest BCUT2D eigenvalue weighted by molar-refractivity contribution is 0.218. The molecule has 1 aliphatic rings. The maximum absolute atomic E-state index is 9.86. The van der Waals surface area contributed by atoms with E-state index in [1.165, 1.54) is 10.4 Å². The molecule has 4 rings (SSSR count). The standard InChI is InChI=1S/C27H26N2OS/c1-5-14-30-24-13-10-18-8-6-7-9-20(18)23(24)17-29-26-22(16-28)21-12-11-19(27(2,3)4)15-25(21)31-26/h1,6-10,13,17,19H,11-12,14-15H2,2-4H3/t19-/m0/s1. The van der Waals surface area contributed by atoms with Gasteiger partial charge in [0.25, 0.3) is 0 Å². The molecule has 0 radical (unpaired) electrons. The van der Waals surface area contributed by atoms with Gasteiger partial charge in [-0.05, 0) is 53.0 Å². The summed E-state index contributed by atoms with van der Waals surface area (Å²) >= 11 is 1.66. The lowest BCUT2D eigenvalue weighted by Gasteiger charge is -2.33. The molecule has 0 amide bonds. The van der Waals surface area contributed by atoms with Crippen LogP contribution >= 0.6 is 11.3 Å². The van der Waals surface area contributed by atoms with E-state index in [1.54, 1.807) is 11.3 Å².